The van der Waals surface area contributed by atoms with Crippen LogP contribution in [-0.2, 0) is 7.05 Å². The fourth-order valence-electron chi connectivity index (χ4n) is 3.37. The SMILES string of the molecule is CN(C)[C@H]1CCCCC1C=Nc1nn(C)c(=O)c2cccnc12. The smallest absolute Gasteiger partial charge is 0.276 e. The fourth-order valence-corrected chi connectivity index (χ4v) is 3.37. The van der Waals surface area contributed by atoms with E-state index >= 15 is 0 Å². The quantitative estimate of drug-likeness (QED) is 0.815. The normalized spacial score (nSPS) is 22.3. The summed E-state index contributed by atoms with van der Waals surface area (Å²) in [5.41, 5.74) is 0.431. The summed E-state index contributed by atoms with van der Waals surface area (Å²) < 4.78 is 1.33. The first-order chi connectivity index (χ1) is 11.1. The van der Waals surface area contributed by atoms with Crippen molar-refractivity contribution in [2.45, 2.75) is 31.7 Å². The minimum atomic E-state index is -0.143. The summed E-state index contributed by atoms with van der Waals surface area (Å²) in [7, 11) is 5.90. The minimum absolute atomic E-state index is 0.143. The third-order valence-electron chi connectivity index (χ3n) is 4.62. The fraction of sp³-hybridized carbons (Fsp3) is 0.529. The first-order valence-corrected chi connectivity index (χ1v) is 8.10. The molecule has 0 saturated heterocycles. The Bertz CT molecular complexity index is 780. The molecule has 0 aliphatic heterocycles. The molecule has 0 amide bonds. The van der Waals surface area contributed by atoms with Crippen molar-refractivity contribution >= 4 is 22.9 Å². The molecule has 0 bridgehead atoms. The van der Waals surface area contributed by atoms with E-state index in [0.717, 1.165) is 6.42 Å². The number of fused-ring (bicyclic) bond motifs is 1. The van der Waals surface area contributed by atoms with Gasteiger partial charge in [0.1, 0.15) is 5.52 Å². The van der Waals surface area contributed by atoms with Crippen LogP contribution >= 0.6 is 0 Å². The van der Waals surface area contributed by atoms with Gasteiger partial charge in [-0.05, 0) is 39.1 Å². The Balaban J connectivity index is 1.98. The molecule has 6 nitrogen and oxygen atoms in total. The predicted octanol–water partition coefficient (Wildman–Crippen LogP) is 2.15. The van der Waals surface area contributed by atoms with Crippen LogP contribution in [0.3, 0.4) is 0 Å². The molecular weight excluding hydrogens is 290 g/mol. The van der Waals surface area contributed by atoms with Crippen molar-refractivity contribution in [3.8, 4) is 0 Å². The molecule has 3 rings (SSSR count). The van der Waals surface area contributed by atoms with Gasteiger partial charge in [-0.2, -0.15) is 0 Å². The zero-order chi connectivity index (χ0) is 16.4. The highest BCUT2D eigenvalue weighted by Gasteiger charge is 2.25. The van der Waals surface area contributed by atoms with Crippen LogP contribution < -0.4 is 5.56 Å². The van der Waals surface area contributed by atoms with E-state index in [1.807, 2.05) is 6.21 Å². The van der Waals surface area contributed by atoms with Gasteiger partial charge in [-0.25, -0.2) is 9.67 Å². The maximum atomic E-state index is 12.1. The Morgan fingerprint density at radius 3 is 2.91 bits per heavy atom. The summed E-state index contributed by atoms with van der Waals surface area (Å²) >= 11 is 0. The van der Waals surface area contributed by atoms with Gasteiger partial charge in [-0.1, -0.05) is 12.8 Å². The van der Waals surface area contributed by atoms with E-state index in [2.05, 4.69) is 34.1 Å². The zero-order valence-electron chi connectivity index (χ0n) is 13.9. The molecule has 2 atom stereocenters. The van der Waals surface area contributed by atoms with E-state index in [1.165, 1.54) is 23.9 Å². The molecule has 122 valence electrons. The van der Waals surface area contributed by atoms with Crippen molar-refractivity contribution in [2.75, 3.05) is 14.1 Å². The first-order valence-electron chi connectivity index (χ1n) is 8.10. The summed E-state index contributed by atoms with van der Waals surface area (Å²) in [6, 6.07) is 4.05. The van der Waals surface area contributed by atoms with Crippen LogP contribution in [0.5, 0.6) is 0 Å². The molecule has 2 aromatic heterocycles. The molecule has 1 aliphatic rings. The average Bonchev–Trinajstić information content (AvgIpc) is 2.57. The van der Waals surface area contributed by atoms with Gasteiger partial charge in [-0.15, -0.1) is 5.10 Å². The lowest BCUT2D eigenvalue weighted by Gasteiger charge is -2.33. The van der Waals surface area contributed by atoms with Crippen molar-refractivity contribution in [2.24, 2.45) is 18.0 Å². The molecule has 2 heterocycles. The highest BCUT2D eigenvalue weighted by Crippen LogP contribution is 2.27. The van der Waals surface area contributed by atoms with Crippen molar-refractivity contribution < 1.29 is 0 Å². The second kappa shape index (κ2) is 6.58. The van der Waals surface area contributed by atoms with Crippen molar-refractivity contribution in [3.63, 3.8) is 0 Å². The highest BCUT2D eigenvalue weighted by molar-refractivity contribution is 5.87. The van der Waals surface area contributed by atoms with Crippen LogP contribution in [0.2, 0.25) is 0 Å². The molecule has 0 N–H and O–H groups in total. The lowest BCUT2D eigenvalue weighted by molar-refractivity contribution is 0.197. The van der Waals surface area contributed by atoms with Gasteiger partial charge >= 0.3 is 0 Å². The molecule has 23 heavy (non-hydrogen) atoms. The molecular formula is C17H23N5O. The molecule has 1 aliphatic carbocycles. The molecule has 2 aromatic rings. The molecule has 1 unspecified atom stereocenters. The van der Waals surface area contributed by atoms with E-state index in [4.69, 9.17) is 0 Å². The van der Waals surface area contributed by atoms with E-state index in [-0.39, 0.29) is 5.56 Å². The van der Waals surface area contributed by atoms with Gasteiger partial charge in [0.15, 0.2) is 5.82 Å². The van der Waals surface area contributed by atoms with Crippen molar-refractivity contribution in [1.29, 1.82) is 0 Å². The summed E-state index contributed by atoms with van der Waals surface area (Å²) in [5, 5.41) is 4.85. The van der Waals surface area contributed by atoms with Crippen LogP contribution in [0, 0.1) is 5.92 Å². The minimum Gasteiger partial charge on any atom is -0.306 e. The van der Waals surface area contributed by atoms with Gasteiger partial charge in [0.2, 0.25) is 0 Å². The summed E-state index contributed by atoms with van der Waals surface area (Å²) in [5.74, 6) is 0.933. The number of hydrogen-bond acceptors (Lipinski definition) is 5. The molecule has 0 aromatic carbocycles. The lowest BCUT2D eigenvalue weighted by Crippen LogP contribution is -2.38. The van der Waals surface area contributed by atoms with E-state index in [9.17, 15) is 4.79 Å². The molecule has 1 saturated carbocycles. The van der Waals surface area contributed by atoms with Crippen molar-refractivity contribution in [1.82, 2.24) is 19.7 Å². The molecule has 1 fully saturated rings. The number of hydrogen-bond donors (Lipinski definition) is 0. The first kappa shape index (κ1) is 15.8. The van der Waals surface area contributed by atoms with Gasteiger partial charge in [-0.3, -0.25) is 9.78 Å². The predicted molar refractivity (Wildman–Crippen MR) is 92.4 cm³/mol. The second-order valence-corrected chi connectivity index (χ2v) is 6.41. The number of aryl methyl sites for hydroxylation is 1. The van der Waals surface area contributed by atoms with Gasteiger partial charge in [0.05, 0.1) is 5.39 Å². The maximum absolute atomic E-state index is 12.1. The summed E-state index contributed by atoms with van der Waals surface area (Å²) in [4.78, 5) is 23.3. The van der Waals surface area contributed by atoms with Crippen LogP contribution in [0.1, 0.15) is 25.7 Å². The van der Waals surface area contributed by atoms with E-state index < -0.39 is 0 Å². The third-order valence-corrected chi connectivity index (χ3v) is 4.62. The number of nitrogens with zero attached hydrogens (tertiary/aromatic N) is 5. The average molecular weight is 313 g/mol. The van der Waals surface area contributed by atoms with Gasteiger partial charge in [0.25, 0.3) is 5.56 Å². The Labute approximate surface area is 135 Å². The van der Waals surface area contributed by atoms with Crippen molar-refractivity contribution in [3.05, 3.63) is 28.7 Å². The summed E-state index contributed by atoms with van der Waals surface area (Å²) in [6.45, 7) is 0. The number of aromatic nitrogens is 3. The summed E-state index contributed by atoms with van der Waals surface area (Å²) in [6.07, 6.45) is 8.53. The number of pyridine rings is 1. The largest absolute Gasteiger partial charge is 0.306 e. The number of rotatable bonds is 3. The monoisotopic (exact) mass is 313 g/mol. The van der Waals surface area contributed by atoms with Gasteiger partial charge in [0, 0.05) is 31.4 Å². The molecule has 0 spiro atoms. The highest BCUT2D eigenvalue weighted by atomic mass is 16.1. The van der Waals surface area contributed by atoms with Crippen LogP contribution in [-0.4, -0.2) is 46.0 Å². The number of aliphatic imine (C=N–C) groups is 1. The zero-order valence-corrected chi connectivity index (χ0v) is 13.9. The third kappa shape index (κ3) is 3.17. The Hall–Kier alpha value is -2.08. The Morgan fingerprint density at radius 1 is 1.35 bits per heavy atom. The van der Waals surface area contributed by atoms with Crippen LogP contribution in [0.25, 0.3) is 10.9 Å². The van der Waals surface area contributed by atoms with E-state index in [0.29, 0.717) is 28.7 Å². The maximum Gasteiger partial charge on any atom is 0.276 e. The Kier molecular flexibility index (Phi) is 4.52. The van der Waals surface area contributed by atoms with Crippen LogP contribution in [0.15, 0.2) is 28.1 Å². The van der Waals surface area contributed by atoms with Crippen LogP contribution in [0.4, 0.5) is 5.82 Å². The van der Waals surface area contributed by atoms with E-state index in [1.54, 1.807) is 25.4 Å². The topological polar surface area (TPSA) is 63.4 Å². The second-order valence-electron chi connectivity index (χ2n) is 6.41. The van der Waals surface area contributed by atoms with Gasteiger partial charge < -0.3 is 4.90 Å². The lowest BCUT2D eigenvalue weighted by atomic mass is 9.84. The Morgan fingerprint density at radius 2 is 2.13 bits per heavy atom. The standard InChI is InChI=1S/C17H23N5O/c1-21(2)14-9-5-4-7-12(14)11-19-16-15-13(8-6-10-18-15)17(23)22(3)20-16/h6,8,10-12,14H,4-5,7,9H2,1-3H3/t12?,14-/m0/s1. The molecule has 0 radical (unpaired) electrons. The molecule has 6 heteroatoms.